The second-order valence-electron chi connectivity index (χ2n) is 16.7. The van der Waals surface area contributed by atoms with Gasteiger partial charge in [-0.2, -0.15) is 0 Å². The van der Waals surface area contributed by atoms with E-state index in [1.54, 1.807) is 0 Å². The predicted octanol–water partition coefficient (Wildman–Crippen LogP) is 16.9. The molecule has 0 aliphatic heterocycles. The highest BCUT2D eigenvalue weighted by atomic mass is 32.1. The Kier molecular flexibility index (Phi) is 8.06. The number of hydrogen-bond donors (Lipinski definition) is 0. The summed E-state index contributed by atoms with van der Waals surface area (Å²) >= 11 is 1.87. The van der Waals surface area contributed by atoms with Crippen molar-refractivity contribution >= 4 is 48.6 Å². The SMILES string of the molecule is c1ccc(-c2ccc(N(c3ccc(-c4ccc5c(c4)C4(c6ccccc6-c6ccccc6-c6ccccc64)c4ccccc4-5)cc3)c3cccc4c3sc3ccccc34)cc2)cc1. The molecule has 0 saturated carbocycles. The molecule has 0 atom stereocenters. The molecule has 0 bridgehead atoms. The first-order valence-corrected chi connectivity index (χ1v) is 22.6. The summed E-state index contributed by atoms with van der Waals surface area (Å²) in [5, 5.41) is 2.59. The Morgan fingerprint density at radius 1 is 0.302 bits per heavy atom. The molecule has 13 rings (SSSR count). The van der Waals surface area contributed by atoms with Gasteiger partial charge in [0.2, 0.25) is 0 Å². The Hall–Kier alpha value is -7.78. The van der Waals surface area contributed by atoms with Crippen molar-refractivity contribution in [3.63, 3.8) is 0 Å². The molecule has 1 aromatic heterocycles. The fraction of sp³-hybridized carbons (Fsp3) is 0.0164. The van der Waals surface area contributed by atoms with Crippen LogP contribution >= 0.6 is 11.3 Å². The smallest absolute Gasteiger partial charge is 0.0725 e. The van der Waals surface area contributed by atoms with Crippen molar-refractivity contribution in [3.05, 3.63) is 259 Å². The maximum absolute atomic E-state index is 2.49. The zero-order valence-corrected chi connectivity index (χ0v) is 35.2. The number of benzene rings is 10. The molecule has 2 heteroatoms. The van der Waals surface area contributed by atoms with E-state index in [4.69, 9.17) is 0 Å². The molecular formula is C61H39NS. The summed E-state index contributed by atoms with van der Waals surface area (Å²) in [5.74, 6) is 0. The zero-order valence-electron chi connectivity index (χ0n) is 34.4. The molecule has 0 fully saturated rings. The van der Waals surface area contributed by atoms with E-state index in [-0.39, 0.29) is 0 Å². The molecule has 2 aliphatic carbocycles. The minimum atomic E-state index is -0.514. The third-order valence-corrected chi connectivity index (χ3v) is 14.7. The second-order valence-corrected chi connectivity index (χ2v) is 17.8. The number of anilines is 3. The summed E-state index contributed by atoms with van der Waals surface area (Å²) in [7, 11) is 0. The van der Waals surface area contributed by atoms with E-state index in [0.717, 1.165) is 11.4 Å². The molecule has 0 N–H and O–H groups in total. The molecular weight excluding hydrogens is 779 g/mol. The molecule has 0 radical (unpaired) electrons. The van der Waals surface area contributed by atoms with E-state index < -0.39 is 5.41 Å². The summed E-state index contributed by atoms with van der Waals surface area (Å²) in [5.41, 5.74) is 20.7. The van der Waals surface area contributed by atoms with Gasteiger partial charge in [0.25, 0.3) is 0 Å². The van der Waals surface area contributed by atoms with Gasteiger partial charge in [0.1, 0.15) is 0 Å². The Labute approximate surface area is 371 Å². The second kappa shape index (κ2) is 14.1. The van der Waals surface area contributed by atoms with Crippen LogP contribution in [0.25, 0.3) is 75.8 Å². The summed E-state index contributed by atoms with van der Waals surface area (Å²) in [6.45, 7) is 0. The van der Waals surface area contributed by atoms with Crippen molar-refractivity contribution in [2.45, 2.75) is 5.41 Å². The molecule has 10 aromatic carbocycles. The van der Waals surface area contributed by atoms with E-state index in [1.165, 1.54) is 104 Å². The van der Waals surface area contributed by atoms with Crippen LogP contribution in [0.3, 0.4) is 0 Å². The summed E-state index contributed by atoms with van der Waals surface area (Å²) < 4.78 is 2.58. The summed E-state index contributed by atoms with van der Waals surface area (Å²) in [6.07, 6.45) is 0. The molecule has 294 valence electrons. The fourth-order valence-electron chi connectivity index (χ4n) is 10.8. The van der Waals surface area contributed by atoms with Crippen LogP contribution < -0.4 is 4.90 Å². The maximum Gasteiger partial charge on any atom is 0.0725 e. The molecule has 0 saturated heterocycles. The van der Waals surface area contributed by atoms with E-state index in [2.05, 4.69) is 241 Å². The van der Waals surface area contributed by atoms with Crippen LogP contribution in [0.4, 0.5) is 17.1 Å². The van der Waals surface area contributed by atoms with Gasteiger partial charge in [-0.25, -0.2) is 0 Å². The number of fused-ring (bicyclic) bond motifs is 15. The van der Waals surface area contributed by atoms with Crippen LogP contribution in [0.15, 0.2) is 237 Å². The Balaban J connectivity index is 0.981. The number of thiophene rings is 1. The van der Waals surface area contributed by atoms with Gasteiger partial charge in [0, 0.05) is 26.8 Å². The molecule has 1 spiro atoms. The molecule has 1 nitrogen and oxygen atoms in total. The lowest BCUT2D eigenvalue weighted by Crippen LogP contribution is -2.29. The summed E-state index contributed by atoms with van der Waals surface area (Å²) in [6, 6.07) is 87.9. The maximum atomic E-state index is 2.49. The van der Waals surface area contributed by atoms with E-state index in [9.17, 15) is 0 Å². The number of nitrogens with zero attached hydrogens (tertiary/aromatic N) is 1. The van der Waals surface area contributed by atoms with Gasteiger partial charge in [-0.1, -0.05) is 194 Å². The first kappa shape index (κ1) is 35.9. The lowest BCUT2D eigenvalue weighted by molar-refractivity contribution is 0.775. The quantitative estimate of drug-likeness (QED) is 0.167. The third-order valence-electron chi connectivity index (χ3n) is 13.5. The van der Waals surface area contributed by atoms with Crippen LogP contribution in [0.5, 0.6) is 0 Å². The van der Waals surface area contributed by atoms with E-state index in [1.807, 2.05) is 11.3 Å². The lowest BCUT2D eigenvalue weighted by Gasteiger charge is -2.35. The van der Waals surface area contributed by atoms with Gasteiger partial charge in [-0.3, -0.25) is 0 Å². The van der Waals surface area contributed by atoms with Crippen molar-refractivity contribution in [2.24, 2.45) is 0 Å². The average molecular weight is 818 g/mol. The third kappa shape index (κ3) is 5.35. The van der Waals surface area contributed by atoms with Crippen molar-refractivity contribution in [1.29, 1.82) is 0 Å². The van der Waals surface area contributed by atoms with Crippen LogP contribution in [0, 0.1) is 0 Å². The van der Waals surface area contributed by atoms with Gasteiger partial charge in [0.15, 0.2) is 0 Å². The largest absolute Gasteiger partial charge is 0.309 e. The molecule has 2 aliphatic rings. The minimum Gasteiger partial charge on any atom is -0.309 e. The van der Waals surface area contributed by atoms with E-state index in [0.29, 0.717) is 0 Å². The fourth-order valence-corrected chi connectivity index (χ4v) is 12.0. The van der Waals surface area contributed by atoms with Gasteiger partial charge < -0.3 is 4.90 Å². The average Bonchev–Trinajstić information content (AvgIpc) is 3.85. The van der Waals surface area contributed by atoms with Crippen LogP contribution in [0.2, 0.25) is 0 Å². The van der Waals surface area contributed by atoms with Crippen molar-refractivity contribution in [1.82, 2.24) is 0 Å². The first-order chi connectivity index (χ1) is 31.3. The standard InChI is InChI=1S/C61H39NS/c1-2-15-40(16-3-1)41-29-34-44(35-30-41)62(58-27-14-23-53-52-22-9-13-28-59(52)63-60(53)58)45-36-31-42(32-37-45)43-33-38-51-50-21-8-12-26-56(50)61(57(51)39-43)54-24-10-6-19-48(54)46-17-4-5-18-47(46)49-20-7-11-25-55(49)61/h1-39H. The van der Waals surface area contributed by atoms with Crippen LogP contribution in [-0.4, -0.2) is 0 Å². The lowest BCUT2D eigenvalue weighted by atomic mass is 9.65. The molecule has 63 heavy (non-hydrogen) atoms. The molecule has 11 aromatic rings. The molecule has 0 unspecified atom stereocenters. The Bertz CT molecular complexity index is 3490. The highest BCUT2D eigenvalue weighted by Gasteiger charge is 2.49. The topological polar surface area (TPSA) is 3.24 Å². The van der Waals surface area contributed by atoms with Crippen molar-refractivity contribution in [3.8, 4) is 55.6 Å². The van der Waals surface area contributed by atoms with Crippen molar-refractivity contribution in [2.75, 3.05) is 4.90 Å². The first-order valence-electron chi connectivity index (χ1n) is 21.8. The van der Waals surface area contributed by atoms with Crippen LogP contribution in [-0.2, 0) is 5.41 Å². The van der Waals surface area contributed by atoms with Gasteiger partial charge in [-0.15, -0.1) is 11.3 Å². The predicted molar refractivity (Wildman–Crippen MR) is 267 cm³/mol. The Morgan fingerprint density at radius 3 is 1.37 bits per heavy atom. The zero-order chi connectivity index (χ0) is 41.5. The normalized spacial score (nSPS) is 12.9. The van der Waals surface area contributed by atoms with Gasteiger partial charge >= 0.3 is 0 Å². The Morgan fingerprint density at radius 2 is 0.746 bits per heavy atom. The van der Waals surface area contributed by atoms with Gasteiger partial charge in [-0.05, 0) is 120 Å². The molecule has 1 heterocycles. The highest BCUT2D eigenvalue weighted by Crippen LogP contribution is 2.62. The highest BCUT2D eigenvalue weighted by molar-refractivity contribution is 7.26. The van der Waals surface area contributed by atoms with Gasteiger partial charge in [0.05, 0.1) is 15.8 Å². The number of hydrogen-bond acceptors (Lipinski definition) is 2. The van der Waals surface area contributed by atoms with Crippen LogP contribution in [0.1, 0.15) is 22.3 Å². The monoisotopic (exact) mass is 817 g/mol. The number of rotatable bonds is 5. The van der Waals surface area contributed by atoms with E-state index >= 15 is 0 Å². The minimum absolute atomic E-state index is 0.514. The summed E-state index contributed by atoms with van der Waals surface area (Å²) in [4.78, 5) is 2.43. The van der Waals surface area contributed by atoms with Crippen molar-refractivity contribution < 1.29 is 0 Å². The molecule has 0 amide bonds.